The zero-order chi connectivity index (χ0) is 15.7. The number of nitrogens with one attached hydrogen (secondary N) is 2. The minimum Gasteiger partial charge on any atom is -0.486 e. The molecule has 0 radical (unpaired) electrons. The zero-order valence-electron chi connectivity index (χ0n) is 12.8. The SMILES string of the molecule is Cc1nc([C@@H](C)NC(=O)c2cc3c(cc2C)OCCO3)n[nH]1. The summed E-state index contributed by atoms with van der Waals surface area (Å²) in [7, 11) is 0. The number of ether oxygens (including phenoxy) is 2. The first-order valence-electron chi connectivity index (χ1n) is 7.14. The van der Waals surface area contributed by atoms with E-state index in [9.17, 15) is 4.79 Å². The summed E-state index contributed by atoms with van der Waals surface area (Å²) < 4.78 is 11.0. The molecule has 0 saturated carbocycles. The maximum atomic E-state index is 12.5. The van der Waals surface area contributed by atoms with E-state index in [1.165, 1.54) is 0 Å². The van der Waals surface area contributed by atoms with Gasteiger partial charge in [0.2, 0.25) is 0 Å². The smallest absolute Gasteiger partial charge is 0.252 e. The van der Waals surface area contributed by atoms with Crippen LogP contribution in [0.2, 0.25) is 0 Å². The van der Waals surface area contributed by atoms with Gasteiger partial charge in [0.15, 0.2) is 17.3 Å². The average Bonchev–Trinajstić information content (AvgIpc) is 2.93. The van der Waals surface area contributed by atoms with Crippen LogP contribution in [0.1, 0.15) is 40.5 Å². The van der Waals surface area contributed by atoms with E-state index in [0.29, 0.717) is 41.9 Å². The standard InChI is InChI=1S/C15H18N4O3/c1-8-6-12-13(22-5-4-21-12)7-11(8)15(20)16-9(2)14-17-10(3)18-19-14/h6-7,9H,4-5H2,1-3H3,(H,16,20)(H,17,18,19)/t9-/m1/s1. The number of aryl methyl sites for hydroxylation is 2. The highest BCUT2D eigenvalue weighted by Gasteiger charge is 2.20. The van der Waals surface area contributed by atoms with Gasteiger partial charge in [0.05, 0.1) is 6.04 Å². The van der Waals surface area contributed by atoms with Gasteiger partial charge in [0.1, 0.15) is 19.0 Å². The molecule has 1 atom stereocenters. The number of fused-ring (bicyclic) bond motifs is 1. The fourth-order valence-corrected chi connectivity index (χ4v) is 2.33. The number of rotatable bonds is 3. The van der Waals surface area contributed by atoms with Gasteiger partial charge in [-0.05, 0) is 38.5 Å². The lowest BCUT2D eigenvalue weighted by Gasteiger charge is -2.20. The number of carbonyl (C=O) groups is 1. The lowest BCUT2D eigenvalue weighted by molar-refractivity contribution is 0.0936. The molecule has 0 aliphatic carbocycles. The van der Waals surface area contributed by atoms with E-state index < -0.39 is 0 Å². The van der Waals surface area contributed by atoms with Crippen molar-refractivity contribution in [1.82, 2.24) is 20.5 Å². The van der Waals surface area contributed by atoms with Crippen LogP contribution in [0.5, 0.6) is 11.5 Å². The molecular formula is C15H18N4O3. The molecule has 0 saturated heterocycles. The quantitative estimate of drug-likeness (QED) is 0.900. The number of aromatic nitrogens is 3. The van der Waals surface area contributed by atoms with Crippen LogP contribution in [0.3, 0.4) is 0 Å². The number of amides is 1. The van der Waals surface area contributed by atoms with Crippen molar-refractivity contribution < 1.29 is 14.3 Å². The molecule has 1 aliphatic rings. The molecule has 2 heterocycles. The molecule has 1 aromatic carbocycles. The maximum absolute atomic E-state index is 12.5. The van der Waals surface area contributed by atoms with Crippen molar-refractivity contribution in [2.75, 3.05) is 13.2 Å². The summed E-state index contributed by atoms with van der Waals surface area (Å²) in [5, 5.41) is 9.72. The van der Waals surface area contributed by atoms with E-state index in [1.807, 2.05) is 26.8 Å². The van der Waals surface area contributed by atoms with Crippen molar-refractivity contribution in [1.29, 1.82) is 0 Å². The van der Waals surface area contributed by atoms with Crippen molar-refractivity contribution in [3.8, 4) is 11.5 Å². The Labute approximate surface area is 128 Å². The van der Waals surface area contributed by atoms with E-state index in [1.54, 1.807) is 6.07 Å². The third-order valence-electron chi connectivity index (χ3n) is 3.48. The van der Waals surface area contributed by atoms with Crippen LogP contribution in [0.15, 0.2) is 12.1 Å². The van der Waals surface area contributed by atoms with Gasteiger partial charge in [-0.3, -0.25) is 9.89 Å². The van der Waals surface area contributed by atoms with Gasteiger partial charge in [0.25, 0.3) is 5.91 Å². The number of nitrogens with zero attached hydrogens (tertiary/aromatic N) is 2. The molecule has 2 aromatic rings. The summed E-state index contributed by atoms with van der Waals surface area (Å²) in [6.07, 6.45) is 0. The first-order chi connectivity index (χ1) is 10.5. The Morgan fingerprint density at radius 2 is 1.95 bits per heavy atom. The van der Waals surface area contributed by atoms with Crippen molar-refractivity contribution in [2.45, 2.75) is 26.8 Å². The second kappa shape index (κ2) is 5.67. The van der Waals surface area contributed by atoms with Crippen LogP contribution in [0, 0.1) is 13.8 Å². The van der Waals surface area contributed by atoms with Gasteiger partial charge in [0, 0.05) is 5.56 Å². The molecule has 7 nitrogen and oxygen atoms in total. The fraction of sp³-hybridized carbons (Fsp3) is 0.400. The number of carbonyl (C=O) groups excluding carboxylic acids is 1. The van der Waals surface area contributed by atoms with Gasteiger partial charge >= 0.3 is 0 Å². The molecule has 1 aliphatic heterocycles. The molecule has 1 amide bonds. The number of hydrogen-bond acceptors (Lipinski definition) is 5. The number of hydrogen-bond donors (Lipinski definition) is 2. The summed E-state index contributed by atoms with van der Waals surface area (Å²) in [5.74, 6) is 2.36. The number of benzene rings is 1. The molecule has 0 unspecified atom stereocenters. The van der Waals surface area contributed by atoms with Crippen LogP contribution in [-0.4, -0.2) is 34.3 Å². The third kappa shape index (κ3) is 2.74. The third-order valence-corrected chi connectivity index (χ3v) is 3.48. The van der Waals surface area contributed by atoms with Crippen LogP contribution in [-0.2, 0) is 0 Å². The van der Waals surface area contributed by atoms with E-state index in [-0.39, 0.29) is 11.9 Å². The molecule has 3 rings (SSSR count). The highest BCUT2D eigenvalue weighted by atomic mass is 16.6. The van der Waals surface area contributed by atoms with Crippen LogP contribution >= 0.6 is 0 Å². The van der Waals surface area contributed by atoms with E-state index >= 15 is 0 Å². The Hall–Kier alpha value is -2.57. The maximum Gasteiger partial charge on any atom is 0.252 e. The average molecular weight is 302 g/mol. The van der Waals surface area contributed by atoms with Crippen molar-refractivity contribution in [3.05, 3.63) is 34.9 Å². The minimum atomic E-state index is -0.287. The molecule has 1 aromatic heterocycles. The first-order valence-corrected chi connectivity index (χ1v) is 7.14. The molecule has 116 valence electrons. The van der Waals surface area contributed by atoms with Crippen LogP contribution in [0.4, 0.5) is 0 Å². The lowest BCUT2D eigenvalue weighted by atomic mass is 10.1. The molecule has 2 N–H and O–H groups in total. The Morgan fingerprint density at radius 1 is 1.27 bits per heavy atom. The van der Waals surface area contributed by atoms with E-state index in [2.05, 4.69) is 20.5 Å². The molecule has 0 spiro atoms. The summed E-state index contributed by atoms with van der Waals surface area (Å²) >= 11 is 0. The zero-order valence-corrected chi connectivity index (χ0v) is 12.8. The summed E-state index contributed by atoms with van der Waals surface area (Å²) in [5.41, 5.74) is 1.39. The number of H-pyrrole nitrogens is 1. The Morgan fingerprint density at radius 3 is 2.59 bits per heavy atom. The largest absolute Gasteiger partial charge is 0.486 e. The Bertz CT molecular complexity index is 711. The lowest BCUT2D eigenvalue weighted by Crippen LogP contribution is -2.28. The normalized spacial score (nSPS) is 14.5. The highest BCUT2D eigenvalue weighted by Crippen LogP contribution is 2.33. The molecule has 0 bridgehead atoms. The van der Waals surface area contributed by atoms with Gasteiger partial charge in [-0.25, -0.2) is 4.98 Å². The van der Waals surface area contributed by atoms with Crippen molar-refractivity contribution in [3.63, 3.8) is 0 Å². The molecule has 22 heavy (non-hydrogen) atoms. The molecular weight excluding hydrogens is 284 g/mol. The second-order valence-electron chi connectivity index (χ2n) is 5.28. The Balaban J connectivity index is 1.80. The topological polar surface area (TPSA) is 89.1 Å². The van der Waals surface area contributed by atoms with E-state index in [4.69, 9.17) is 9.47 Å². The summed E-state index contributed by atoms with van der Waals surface area (Å²) in [6.45, 7) is 6.54. The Kier molecular flexibility index (Phi) is 3.70. The van der Waals surface area contributed by atoms with Gasteiger partial charge in [-0.2, -0.15) is 5.10 Å². The minimum absolute atomic E-state index is 0.190. The van der Waals surface area contributed by atoms with Gasteiger partial charge < -0.3 is 14.8 Å². The predicted molar refractivity (Wildman–Crippen MR) is 79.2 cm³/mol. The van der Waals surface area contributed by atoms with Gasteiger partial charge in [-0.15, -0.1) is 0 Å². The van der Waals surface area contributed by atoms with Crippen molar-refractivity contribution in [2.24, 2.45) is 0 Å². The van der Waals surface area contributed by atoms with Crippen molar-refractivity contribution >= 4 is 5.91 Å². The number of aromatic amines is 1. The second-order valence-corrected chi connectivity index (χ2v) is 5.28. The summed E-state index contributed by atoms with van der Waals surface area (Å²) in [4.78, 5) is 16.7. The van der Waals surface area contributed by atoms with Gasteiger partial charge in [-0.1, -0.05) is 0 Å². The van der Waals surface area contributed by atoms with Crippen LogP contribution in [0.25, 0.3) is 0 Å². The first kappa shape index (κ1) is 14.4. The predicted octanol–water partition coefficient (Wildman–Crippen LogP) is 1.68. The van der Waals surface area contributed by atoms with Crippen LogP contribution < -0.4 is 14.8 Å². The molecule has 7 heteroatoms. The summed E-state index contributed by atoms with van der Waals surface area (Å²) in [6, 6.07) is 3.25. The molecule has 0 fully saturated rings. The monoisotopic (exact) mass is 302 g/mol. The van der Waals surface area contributed by atoms with E-state index in [0.717, 1.165) is 5.56 Å². The highest BCUT2D eigenvalue weighted by molar-refractivity contribution is 5.96. The fourth-order valence-electron chi connectivity index (χ4n) is 2.33.